The van der Waals surface area contributed by atoms with Gasteiger partial charge in [0.2, 0.25) is 0 Å². The Morgan fingerprint density at radius 3 is 2.40 bits per heavy atom. The van der Waals surface area contributed by atoms with Crippen molar-refractivity contribution in [3.63, 3.8) is 0 Å². The van der Waals surface area contributed by atoms with E-state index in [1.54, 1.807) is 7.11 Å². The van der Waals surface area contributed by atoms with Crippen molar-refractivity contribution < 1.29 is 9.47 Å². The van der Waals surface area contributed by atoms with Gasteiger partial charge in [0.25, 0.3) is 0 Å². The smallest absolute Gasteiger partial charge is 0.0647 e. The second-order valence-corrected chi connectivity index (χ2v) is 6.70. The van der Waals surface area contributed by atoms with E-state index in [-0.39, 0.29) is 11.0 Å². The van der Waals surface area contributed by atoms with Crippen LogP contribution in [0.15, 0.2) is 0 Å². The summed E-state index contributed by atoms with van der Waals surface area (Å²) >= 11 is 3.66. The van der Waals surface area contributed by atoms with Gasteiger partial charge in [0.1, 0.15) is 0 Å². The van der Waals surface area contributed by atoms with Crippen LogP contribution in [0.4, 0.5) is 0 Å². The molecular weight excluding hydrogens is 256 g/mol. The molecule has 0 amide bonds. The SMILES string of the molecule is COC(C)(C)CCOC1CC(Br)C1(C)C. The van der Waals surface area contributed by atoms with Crippen LogP contribution in [0.5, 0.6) is 0 Å². The predicted molar refractivity (Wildman–Crippen MR) is 66.6 cm³/mol. The zero-order valence-corrected chi connectivity index (χ0v) is 12.1. The summed E-state index contributed by atoms with van der Waals surface area (Å²) in [6.07, 6.45) is 2.47. The first-order valence-electron chi connectivity index (χ1n) is 5.60. The number of halogens is 1. The van der Waals surface area contributed by atoms with Gasteiger partial charge in [-0.05, 0) is 26.7 Å². The summed E-state index contributed by atoms with van der Waals surface area (Å²) < 4.78 is 11.2. The number of ether oxygens (including phenoxy) is 2. The fourth-order valence-corrected chi connectivity index (χ4v) is 2.30. The lowest BCUT2D eigenvalue weighted by atomic mass is 9.69. The maximum atomic E-state index is 5.89. The van der Waals surface area contributed by atoms with E-state index in [0.717, 1.165) is 19.4 Å². The Balaban J connectivity index is 2.23. The van der Waals surface area contributed by atoms with Crippen molar-refractivity contribution in [1.29, 1.82) is 0 Å². The molecule has 0 saturated heterocycles. The van der Waals surface area contributed by atoms with E-state index in [1.165, 1.54) is 0 Å². The van der Waals surface area contributed by atoms with Crippen molar-refractivity contribution in [1.82, 2.24) is 0 Å². The highest BCUT2D eigenvalue weighted by molar-refractivity contribution is 9.09. The lowest BCUT2D eigenvalue weighted by Gasteiger charge is -2.49. The lowest BCUT2D eigenvalue weighted by Crippen LogP contribution is -2.51. The molecule has 0 radical (unpaired) electrons. The molecule has 0 aromatic heterocycles. The Kier molecular flexibility index (Phi) is 4.24. The Bertz CT molecular complexity index is 214. The van der Waals surface area contributed by atoms with Crippen LogP contribution in [-0.4, -0.2) is 30.2 Å². The first kappa shape index (κ1) is 13.5. The van der Waals surface area contributed by atoms with E-state index in [2.05, 4.69) is 43.6 Å². The Hall–Kier alpha value is 0.400. The van der Waals surface area contributed by atoms with Gasteiger partial charge in [-0.25, -0.2) is 0 Å². The molecule has 0 bridgehead atoms. The fourth-order valence-electron chi connectivity index (χ4n) is 1.67. The molecule has 90 valence electrons. The molecule has 0 N–H and O–H groups in total. The summed E-state index contributed by atoms with van der Waals surface area (Å²) in [4.78, 5) is 0.602. The summed E-state index contributed by atoms with van der Waals surface area (Å²) in [5.41, 5.74) is 0.207. The first-order valence-corrected chi connectivity index (χ1v) is 6.52. The van der Waals surface area contributed by atoms with E-state index < -0.39 is 0 Å². The van der Waals surface area contributed by atoms with Crippen LogP contribution in [0.25, 0.3) is 0 Å². The molecule has 0 spiro atoms. The van der Waals surface area contributed by atoms with E-state index in [0.29, 0.717) is 10.9 Å². The Morgan fingerprint density at radius 2 is 2.00 bits per heavy atom. The van der Waals surface area contributed by atoms with Gasteiger partial charge in [0.15, 0.2) is 0 Å². The van der Waals surface area contributed by atoms with E-state index in [4.69, 9.17) is 9.47 Å². The number of alkyl halides is 1. The molecule has 0 heterocycles. The first-order chi connectivity index (χ1) is 6.79. The van der Waals surface area contributed by atoms with Gasteiger partial charge >= 0.3 is 0 Å². The van der Waals surface area contributed by atoms with Gasteiger partial charge in [-0.15, -0.1) is 0 Å². The molecule has 3 heteroatoms. The highest BCUT2D eigenvalue weighted by atomic mass is 79.9. The van der Waals surface area contributed by atoms with Crippen LogP contribution < -0.4 is 0 Å². The van der Waals surface area contributed by atoms with Crippen LogP contribution in [0.1, 0.15) is 40.5 Å². The third kappa shape index (κ3) is 3.18. The zero-order valence-electron chi connectivity index (χ0n) is 10.5. The quantitative estimate of drug-likeness (QED) is 0.718. The second kappa shape index (κ2) is 4.72. The van der Waals surface area contributed by atoms with Crippen LogP contribution in [0.3, 0.4) is 0 Å². The Labute approximate surface area is 102 Å². The van der Waals surface area contributed by atoms with Crippen molar-refractivity contribution in [3.8, 4) is 0 Å². The van der Waals surface area contributed by atoms with Crippen molar-refractivity contribution in [2.24, 2.45) is 5.41 Å². The van der Waals surface area contributed by atoms with Crippen LogP contribution in [0, 0.1) is 5.41 Å². The molecule has 0 aliphatic heterocycles. The number of hydrogen-bond donors (Lipinski definition) is 0. The number of rotatable bonds is 5. The van der Waals surface area contributed by atoms with E-state index in [1.807, 2.05) is 0 Å². The molecule has 0 aromatic rings. The lowest BCUT2D eigenvalue weighted by molar-refractivity contribution is -0.101. The molecule has 0 aromatic carbocycles. The fraction of sp³-hybridized carbons (Fsp3) is 1.00. The largest absolute Gasteiger partial charge is 0.379 e. The molecule has 2 atom stereocenters. The topological polar surface area (TPSA) is 18.5 Å². The number of methoxy groups -OCH3 is 1. The molecule has 2 nitrogen and oxygen atoms in total. The van der Waals surface area contributed by atoms with Crippen molar-refractivity contribution in [3.05, 3.63) is 0 Å². The maximum Gasteiger partial charge on any atom is 0.0647 e. The summed E-state index contributed by atoms with van der Waals surface area (Å²) in [5, 5.41) is 0. The molecule has 1 aliphatic rings. The number of hydrogen-bond acceptors (Lipinski definition) is 2. The normalized spacial score (nSPS) is 30.0. The van der Waals surface area contributed by atoms with Gasteiger partial charge in [-0.2, -0.15) is 0 Å². The van der Waals surface area contributed by atoms with Gasteiger partial charge in [0.05, 0.1) is 11.7 Å². The minimum Gasteiger partial charge on any atom is -0.379 e. The Morgan fingerprint density at radius 1 is 1.40 bits per heavy atom. The third-order valence-electron chi connectivity index (χ3n) is 3.63. The maximum absolute atomic E-state index is 5.89. The third-order valence-corrected chi connectivity index (χ3v) is 5.19. The monoisotopic (exact) mass is 278 g/mol. The summed E-state index contributed by atoms with van der Waals surface area (Å²) in [6, 6.07) is 0. The van der Waals surface area contributed by atoms with Crippen LogP contribution >= 0.6 is 15.9 Å². The molecule has 15 heavy (non-hydrogen) atoms. The molecule has 1 fully saturated rings. The van der Waals surface area contributed by atoms with E-state index >= 15 is 0 Å². The van der Waals surface area contributed by atoms with Gasteiger partial charge < -0.3 is 9.47 Å². The highest BCUT2D eigenvalue weighted by Crippen LogP contribution is 2.47. The van der Waals surface area contributed by atoms with Crippen molar-refractivity contribution >= 4 is 15.9 Å². The van der Waals surface area contributed by atoms with E-state index in [9.17, 15) is 0 Å². The zero-order chi connectivity index (χ0) is 11.7. The highest BCUT2D eigenvalue weighted by Gasteiger charge is 2.47. The molecular formula is C12H23BrO2. The van der Waals surface area contributed by atoms with Crippen molar-refractivity contribution in [2.75, 3.05) is 13.7 Å². The average molecular weight is 279 g/mol. The summed E-state index contributed by atoms with van der Waals surface area (Å²) in [7, 11) is 1.75. The molecule has 2 unspecified atom stereocenters. The molecule has 1 saturated carbocycles. The van der Waals surface area contributed by atoms with Gasteiger partial charge in [-0.3, -0.25) is 0 Å². The van der Waals surface area contributed by atoms with Gasteiger partial charge in [0, 0.05) is 24.0 Å². The van der Waals surface area contributed by atoms with Crippen LogP contribution in [-0.2, 0) is 9.47 Å². The average Bonchev–Trinajstić information content (AvgIpc) is 2.16. The van der Waals surface area contributed by atoms with Gasteiger partial charge in [-0.1, -0.05) is 29.8 Å². The molecule has 1 rings (SSSR count). The van der Waals surface area contributed by atoms with Crippen molar-refractivity contribution in [2.45, 2.75) is 57.1 Å². The summed E-state index contributed by atoms with van der Waals surface area (Å²) in [5.74, 6) is 0. The summed E-state index contributed by atoms with van der Waals surface area (Å²) in [6.45, 7) is 9.48. The second-order valence-electron chi connectivity index (χ2n) is 5.60. The molecule has 1 aliphatic carbocycles. The predicted octanol–water partition coefficient (Wildman–Crippen LogP) is 3.38. The minimum atomic E-state index is -0.0678. The minimum absolute atomic E-state index is 0.0678. The standard InChI is InChI=1S/C12H23BrO2/c1-11(2,14-5)6-7-15-10-8-9(13)12(10,3)4/h9-10H,6-8H2,1-5H3. The van der Waals surface area contributed by atoms with Crippen LogP contribution in [0.2, 0.25) is 0 Å².